The molecule has 1 atom stereocenters. The molecule has 0 saturated carbocycles. The first-order chi connectivity index (χ1) is 6.40. The average molecular weight is 173 g/mol. The molecule has 1 heterocycles. The second-order valence-electron chi connectivity index (χ2n) is 3.45. The van der Waals surface area contributed by atoms with Gasteiger partial charge in [0.25, 0.3) is 0 Å². The highest BCUT2D eigenvalue weighted by Gasteiger charge is 2.08. The third kappa shape index (κ3) is 1.74. The van der Waals surface area contributed by atoms with Gasteiger partial charge >= 0.3 is 0 Å². The maximum atomic E-state index is 3.52. The third-order valence-corrected chi connectivity index (χ3v) is 2.50. The zero-order valence-corrected chi connectivity index (χ0v) is 7.96. The topological polar surface area (TPSA) is 12.0 Å². The Hall–Kier alpha value is -1.24. The molecule has 1 aliphatic rings. The lowest BCUT2D eigenvalue weighted by molar-refractivity contribution is 0.835. The quantitative estimate of drug-likeness (QED) is 0.644. The predicted octanol–water partition coefficient (Wildman–Crippen LogP) is 2.99. The summed E-state index contributed by atoms with van der Waals surface area (Å²) >= 11 is 0. The fraction of sp³-hybridized carbons (Fsp3) is 0.333. The van der Waals surface area contributed by atoms with Gasteiger partial charge in [0.15, 0.2) is 0 Å². The number of nitrogens with one attached hydrogen (secondary N) is 1. The summed E-state index contributed by atoms with van der Waals surface area (Å²) in [4.78, 5) is 0. The van der Waals surface area contributed by atoms with E-state index >= 15 is 0 Å². The summed E-state index contributed by atoms with van der Waals surface area (Å²) in [5.41, 5.74) is 2.69. The molecule has 1 unspecified atom stereocenters. The van der Waals surface area contributed by atoms with Gasteiger partial charge in [-0.1, -0.05) is 37.3 Å². The predicted molar refractivity (Wildman–Crippen MR) is 57.0 cm³/mol. The van der Waals surface area contributed by atoms with Crippen molar-refractivity contribution in [1.29, 1.82) is 0 Å². The van der Waals surface area contributed by atoms with E-state index in [-0.39, 0.29) is 0 Å². The minimum atomic E-state index is 0.503. The summed E-state index contributed by atoms with van der Waals surface area (Å²) in [7, 11) is 0. The van der Waals surface area contributed by atoms with E-state index in [4.69, 9.17) is 0 Å². The highest BCUT2D eigenvalue weighted by atomic mass is 14.9. The van der Waals surface area contributed by atoms with Crippen molar-refractivity contribution in [3.8, 4) is 0 Å². The van der Waals surface area contributed by atoms with Crippen molar-refractivity contribution in [2.24, 2.45) is 0 Å². The molecule has 2 rings (SSSR count). The van der Waals surface area contributed by atoms with Crippen LogP contribution < -0.4 is 5.32 Å². The van der Waals surface area contributed by atoms with Gasteiger partial charge in [-0.05, 0) is 24.5 Å². The van der Waals surface area contributed by atoms with E-state index in [9.17, 15) is 0 Å². The van der Waals surface area contributed by atoms with Gasteiger partial charge in [-0.25, -0.2) is 0 Å². The van der Waals surface area contributed by atoms with Gasteiger partial charge in [-0.2, -0.15) is 0 Å². The van der Waals surface area contributed by atoms with Crippen LogP contribution >= 0.6 is 0 Å². The molecular weight excluding hydrogens is 158 g/mol. The van der Waals surface area contributed by atoms with Crippen LogP contribution in [0.5, 0.6) is 0 Å². The molecule has 1 aliphatic heterocycles. The van der Waals surface area contributed by atoms with Crippen LogP contribution in [0.2, 0.25) is 0 Å². The van der Waals surface area contributed by atoms with Crippen molar-refractivity contribution in [3.05, 3.63) is 42.0 Å². The fourth-order valence-electron chi connectivity index (χ4n) is 1.68. The minimum Gasteiger partial charge on any atom is -0.379 e. The monoisotopic (exact) mass is 173 g/mol. The first-order valence-corrected chi connectivity index (χ1v) is 4.91. The summed E-state index contributed by atoms with van der Waals surface area (Å²) in [6.07, 6.45) is 6.72. The van der Waals surface area contributed by atoms with E-state index in [1.165, 1.54) is 11.3 Å². The molecular formula is C12H15N. The SMILES string of the molecule is CCC1C=CCc2ccccc2N1. The Labute approximate surface area is 79.5 Å². The van der Waals surface area contributed by atoms with Gasteiger partial charge in [-0.15, -0.1) is 0 Å². The Bertz CT molecular complexity index is 315. The molecule has 1 nitrogen and oxygen atoms in total. The zero-order chi connectivity index (χ0) is 9.10. The van der Waals surface area contributed by atoms with Crippen LogP contribution in [0.3, 0.4) is 0 Å². The fourth-order valence-corrected chi connectivity index (χ4v) is 1.68. The normalized spacial score (nSPS) is 20.2. The summed E-state index contributed by atoms with van der Waals surface area (Å²) in [5.74, 6) is 0. The largest absolute Gasteiger partial charge is 0.379 e. The molecule has 0 spiro atoms. The third-order valence-electron chi connectivity index (χ3n) is 2.50. The van der Waals surface area contributed by atoms with Crippen molar-refractivity contribution in [2.75, 3.05) is 5.32 Å². The van der Waals surface area contributed by atoms with Crippen LogP contribution in [0.15, 0.2) is 36.4 Å². The van der Waals surface area contributed by atoms with E-state index < -0.39 is 0 Å². The number of allylic oxidation sites excluding steroid dienone is 1. The van der Waals surface area contributed by atoms with E-state index in [0.29, 0.717) is 6.04 Å². The lowest BCUT2D eigenvalue weighted by Gasteiger charge is -2.14. The van der Waals surface area contributed by atoms with Crippen molar-refractivity contribution in [3.63, 3.8) is 0 Å². The van der Waals surface area contributed by atoms with Crippen LogP contribution in [0.4, 0.5) is 5.69 Å². The number of fused-ring (bicyclic) bond motifs is 1. The molecule has 0 amide bonds. The minimum absolute atomic E-state index is 0.503. The average Bonchev–Trinajstić information content (AvgIpc) is 2.38. The summed E-state index contributed by atoms with van der Waals surface area (Å²) in [5, 5.41) is 3.52. The molecule has 1 N–H and O–H groups in total. The zero-order valence-electron chi connectivity index (χ0n) is 7.96. The number of hydrogen-bond acceptors (Lipinski definition) is 1. The number of benzene rings is 1. The molecule has 1 aromatic carbocycles. The van der Waals surface area contributed by atoms with Crippen LogP contribution in [0.1, 0.15) is 18.9 Å². The van der Waals surface area contributed by atoms with Crippen LogP contribution in [-0.2, 0) is 6.42 Å². The summed E-state index contributed by atoms with van der Waals surface area (Å²) < 4.78 is 0. The molecule has 1 heteroatoms. The molecule has 68 valence electrons. The van der Waals surface area contributed by atoms with Crippen LogP contribution in [0.25, 0.3) is 0 Å². The van der Waals surface area contributed by atoms with E-state index in [0.717, 1.165) is 12.8 Å². The number of anilines is 1. The molecule has 1 aromatic rings. The Kier molecular flexibility index (Phi) is 2.35. The Morgan fingerprint density at radius 2 is 2.23 bits per heavy atom. The molecule has 0 radical (unpaired) electrons. The molecule has 0 bridgehead atoms. The lowest BCUT2D eigenvalue weighted by Crippen LogP contribution is -2.14. The number of para-hydroxylation sites is 1. The first kappa shape index (κ1) is 8.36. The second-order valence-corrected chi connectivity index (χ2v) is 3.45. The Balaban J connectivity index is 2.30. The van der Waals surface area contributed by atoms with E-state index in [2.05, 4.69) is 48.7 Å². The number of hydrogen-bond donors (Lipinski definition) is 1. The Morgan fingerprint density at radius 1 is 1.38 bits per heavy atom. The van der Waals surface area contributed by atoms with Gasteiger partial charge in [0.1, 0.15) is 0 Å². The molecule has 13 heavy (non-hydrogen) atoms. The molecule has 0 saturated heterocycles. The second kappa shape index (κ2) is 3.65. The van der Waals surface area contributed by atoms with E-state index in [1.54, 1.807) is 0 Å². The van der Waals surface area contributed by atoms with Gasteiger partial charge in [0, 0.05) is 11.7 Å². The smallest absolute Gasteiger partial charge is 0.0442 e. The van der Waals surface area contributed by atoms with Crippen LogP contribution in [-0.4, -0.2) is 6.04 Å². The highest BCUT2D eigenvalue weighted by molar-refractivity contribution is 5.54. The van der Waals surface area contributed by atoms with Crippen molar-refractivity contribution >= 4 is 5.69 Å². The standard InChI is InChI=1S/C12H15N/c1-2-11-8-5-7-10-6-3-4-9-12(10)13-11/h3-6,8-9,11,13H,2,7H2,1H3. The van der Waals surface area contributed by atoms with Gasteiger partial charge in [0.05, 0.1) is 0 Å². The first-order valence-electron chi connectivity index (χ1n) is 4.91. The van der Waals surface area contributed by atoms with Crippen molar-refractivity contribution in [1.82, 2.24) is 0 Å². The summed E-state index contributed by atoms with van der Waals surface area (Å²) in [6, 6.07) is 9.03. The highest BCUT2D eigenvalue weighted by Crippen LogP contribution is 2.20. The molecule has 0 aliphatic carbocycles. The molecule has 0 fully saturated rings. The van der Waals surface area contributed by atoms with Crippen molar-refractivity contribution in [2.45, 2.75) is 25.8 Å². The maximum Gasteiger partial charge on any atom is 0.0442 e. The van der Waals surface area contributed by atoms with Crippen molar-refractivity contribution < 1.29 is 0 Å². The van der Waals surface area contributed by atoms with Gasteiger partial charge < -0.3 is 5.32 Å². The van der Waals surface area contributed by atoms with Crippen LogP contribution in [0, 0.1) is 0 Å². The van der Waals surface area contributed by atoms with E-state index in [1.807, 2.05) is 0 Å². The Morgan fingerprint density at radius 3 is 3.08 bits per heavy atom. The van der Waals surface area contributed by atoms with Gasteiger partial charge in [0.2, 0.25) is 0 Å². The van der Waals surface area contributed by atoms with Gasteiger partial charge in [-0.3, -0.25) is 0 Å². The number of rotatable bonds is 1. The summed E-state index contributed by atoms with van der Waals surface area (Å²) in [6.45, 7) is 2.20. The molecule has 0 aromatic heterocycles. The lowest BCUT2D eigenvalue weighted by atomic mass is 10.1. The maximum absolute atomic E-state index is 3.52.